The lowest BCUT2D eigenvalue weighted by molar-refractivity contribution is -0.385. The van der Waals surface area contributed by atoms with Crippen molar-refractivity contribution >= 4 is 17.3 Å². The van der Waals surface area contributed by atoms with E-state index in [1.165, 1.54) is 0 Å². The van der Waals surface area contributed by atoms with Crippen LogP contribution in [-0.2, 0) is 0 Å². The quantitative estimate of drug-likeness (QED) is 0.459. The molecule has 5 nitrogen and oxygen atoms in total. The molecule has 0 unspecified atom stereocenters. The van der Waals surface area contributed by atoms with E-state index in [4.69, 9.17) is 11.6 Å². The van der Waals surface area contributed by atoms with Crippen LogP contribution in [0.1, 0.15) is 0 Å². The SMILES string of the molecule is O=[N+]([O-])c1ccc(OCC(F)F)nc1Cl. The first-order valence-electron chi connectivity index (χ1n) is 3.72. The summed E-state index contributed by atoms with van der Waals surface area (Å²) in [6.45, 7) is -0.832. The van der Waals surface area contributed by atoms with Gasteiger partial charge in [0.25, 0.3) is 6.43 Å². The highest BCUT2D eigenvalue weighted by Gasteiger charge is 2.14. The van der Waals surface area contributed by atoms with Gasteiger partial charge < -0.3 is 4.74 Å². The lowest BCUT2D eigenvalue weighted by Crippen LogP contribution is -2.08. The van der Waals surface area contributed by atoms with Crippen molar-refractivity contribution in [3.05, 3.63) is 27.4 Å². The number of alkyl halides is 2. The van der Waals surface area contributed by atoms with Crippen molar-refractivity contribution in [3.63, 3.8) is 0 Å². The Kier molecular flexibility index (Phi) is 3.73. The van der Waals surface area contributed by atoms with Gasteiger partial charge in [-0.15, -0.1) is 0 Å². The van der Waals surface area contributed by atoms with Crippen LogP contribution in [0, 0.1) is 10.1 Å². The molecular weight excluding hydrogens is 234 g/mol. The molecule has 0 saturated carbocycles. The van der Waals surface area contributed by atoms with Crippen molar-refractivity contribution < 1.29 is 18.4 Å². The van der Waals surface area contributed by atoms with Gasteiger partial charge in [0.15, 0.2) is 6.61 Å². The maximum atomic E-state index is 11.7. The Labute approximate surface area is 87.8 Å². The van der Waals surface area contributed by atoms with Crippen LogP contribution in [-0.4, -0.2) is 22.9 Å². The topological polar surface area (TPSA) is 65.3 Å². The van der Waals surface area contributed by atoms with E-state index in [2.05, 4.69) is 9.72 Å². The maximum absolute atomic E-state index is 11.7. The third kappa shape index (κ3) is 3.28. The lowest BCUT2D eigenvalue weighted by Gasteiger charge is -2.03. The lowest BCUT2D eigenvalue weighted by atomic mass is 10.4. The molecule has 0 amide bonds. The number of hydrogen-bond acceptors (Lipinski definition) is 4. The Hall–Kier alpha value is -1.50. The molecule has 0 aromatic carbocycles. The number of aromatic nitrogens is 1. The average molecular weight is 239 g/mol. The van der Waals surface area contributed by atoms with Crippen molar-refractivity contribution in [3.8, 4) is 5.88 Å². The van der Waals surface area contributed by atoms with Gasteiger partial charge in [0.05, 0.1) is 4.92 Å². The molecule has 0 aliphatic rings. The summed E-state index contributed by atoms with van der Waals surface area (Å²) >= 11 is 5.42. The Morgan fingerprint density at radius 2 is 2.27 bits per heavy atom. The highest BCUT2D eigenvalue weighted by atomic mass is 35.5. The normalized spacial score (nSPS) is 10.4. The largest absolute Gasteiger partial charge is 0.472 e. The zero-order valence-corrected chi connectivity index (χ0v) is 7.95. The summed E-state index contributed by atoms with van der Waals surface area (Å²) < 4.78 is 28.0. The second-order valence-corrected chi connectivity index (χ2v) is 2.78. The third-order valence-corrected chi connectivity index (χ3v) is 1.64. The molecule has 0 fully saturated rings. The highest BCUT2D eigenvalue weighted by Crippen LogP contribution is 2.24. The monoisotopic (exact) mass is 238 g/mol. The minimum absolute atomic E-state index is 0.175. The summed E-state index contributed by atoms with van der Waals surface area (Å²) in [6, 6.07) is 2.14. The Morgan fingerprint density at radius 3 is 2.73 bits per heavy atom. The summed E-state index contributed by atoms with van der Waals surface area (Å²) in [4.78, 5) is 13.0. The molecule has 1 aromatic rings. The van der Waals surface area contributed by atoms with Crippen molar-refractivity contribution in [2.45, 2.75) is 6.43 Å². The molecule has 0 aliphatic heterocycles. The molecule has 0 radical (unpaired) electrons. The number of pyridine rings is 1. The molecule has 0 aliphatic carbocycles. The Bertz CT molecular complexity index is 375. The minimum atomic E-state index is -2.64. The van der Waals surface area contributed by atoms with E-state index >= 15 is 0 Å². The molecule has 0 saturated heterocycles. The van der Waals surface area contributed by atoms with Gasteiger partial charge in [-0.2, -0.15) is 4.98 Å². The predicted octanol–water partition coefficient (Wildman–Crippen LogP) is 2.29. The zero-order chi connectivity index (χ0) is 11.4. The molecule has 8 heteroatoms. The van der Waals surface area contributed by atoms with Gasteiger partial charge in [-0.3, -0.25) is 10.1 Å². The first-order valence-corrected chi connectivity index (χ1v) is 4.10. The number of hydrogen-bond donors (Lipinski definition) is 0. The van der Waals surface area contributed by atoms with Crippen molar-refractivity contribution in [2.24, 2.45) is 0 Å². The van der Waals surface area contributed by atoms with E-state index in [0.29, 0.717) is 0 Å². The Morgan fingerprint density at radius 1 is 1.60 bits per heavy atom. The molecule has 82 valence electrons. The first kappa shape index (κ1) is 11.6. The molecule has 15 heavy (non-hydrogen) atoms. The average Bonchev–Trinajstić information content (AvgIpc) is 2.14. The van der Waals surface area contributed by atoms with Crippen LogP contribution in [0.5, 0.6) is 5.88 Å². The summed E-state index contributed by atoms with van der Waals surface area (Å²) in [5, 5.41) is 9.92. The van der Waals surface area contributed by atoms with Gasteiger partial charge in [-0.05, 0) is 0 Å². The van der Waals surface area contributed by atoms with Gasteiger partial charge >= 0.3 is 5.69 Å². The van der Waals surface area contributed by atoms with Gasteiger partial charge in [0.1, 0.15) is 0 Å². The van der Waals surface area contributed by atoms with Crippen LogP contribution in [0.15, 0.2) is 12.1 Å². The van der Waals surface area contributed by atoms with E-state index < -0.39 is 28.8 Å². The van der Waals surface area contributed by atoms with Gasteiger partial charge in [0.2, 0.25) is 11.0 Å². The predicted molar refractivity (Wildman–Crippen MR) is 47.4 cm³/mol. The van der Waals surface area contributed by atoms with Crippen LogP contribution >= 0.6 is 11.6 Å². The van der Waals surface area contributed by atoms with Gasteiger partial charge in [-0.1, -0.05) is 11.6 Å². The second kappa shape index (κ2) is 4.83. The van der Waals surface area contributed by atoms with Gasteiger partial charge in [0, 0.05) is 12.1 Å². The first-order chi connectivity index (χ1) is 7.00. The molecule has 1 rings (SSSR count). The van der Waals surface area contributed by atoms with Crippen LogP contribution < -0.4 is 4.74 Å². The number of halogens is 3. The van der Waals surface area contributed by atoms with Crippen LogP contribution in [0.3, 0.4) is 0 Å². The molecule has 1 aromatic heterocycles. The summed E-state index contributed by atoms with van der Waals surface area (Å²) in [6.07, 6.45) is -2.64. The fourth-order valence-electron chi connectivity index (χ4n) is 0.775. The van der Waals surface area contributed by atoms with Gasteiger partial charge in [-0.25, -0.2) is 8.78 Å². The zero-order valence-electron chi connectivity index (χ0n) is 7.19. The molecular formula is C7H5ClF2N2O3. The maximum Gasteiger partial charge on any atom is 0.306 e. The number of nitrogens with zero attached hydrogens (tertiary/aromatic N) is 2. The second-order valence-electron chi connectivity index (χ2n) is 2.42. The fraction of sp³-hybridized carbons (Fsp3) is 0.286. The highest BCUT2D eigenvalue weighted by molar-refractivity contribution is 6.31. The fourth-order valence-corrected chi connectivity index (χ4v) is 0.991. The Balaban J connectivity index is 2.78. The molecule has 0 spiro atoms. The van der Waals surface area contributed by atoms with E-state index in [9.17, 15) is 18.9 Å². The van der Waals surface area contributed by atoms with Crippen LogP contribution in [0.2, 0.25) is 5.15 Å². The van der Waals surface area contributed by atoms with E-state index in [1.54, 1.807) is 0 Å². The third-order valence-electron chi connectivity index (χ3n) is 1.36. The summed E-state index contributed by atoms with van der Waals surface area (Å²) in [7, 11) is 0. The van der Waals surface area contributed by atoms with Crippen molar-refractivity contribution in [1.29, 1.82) is 0 Å². The van der Waals surface area contributed by atoms with Crippen molar-refractivity contribution in [2.75, 3.05) is 6.61 Å². The van der Waals surface area contributed by atoms with E-state index in [0.717, 1.165) is 12.1 Å². The number of rotatable bonds is 4. The van der Waals surface area contributed by atoms with E-state index in [-0.39, 0.29) is 5.88 Å². The molecule has 1 heterocycles. The molecule has 0 N–H and O–H groups in total. The molecule has 0 atom stereocenters. The van der Waals surface area contributed by atoms with Crippen molar-refractivity contribution in [1.82, 2.24) is 4.98 Å². The smallest absolute Gasteiger partial charge is 0.306 e. The molecule has 0 bridgehead atoms. The standard InChI is InChI=1S/C7H5ClF2N2O3/c8-7-4(12(13)14)1-2-6(11-7)15-3-5(9)10/h1-2,5H,3H2. The van der Waals surface area contributed by atoms with Crippen LogP contribution in [0.4, 0.5) is 14.5 Å². The minimum Gasteiger partial charge on any atom is -0.472 e. The summed E-state index contributed by atoms with van der Waals surface area (Å²) in [5.74, 6) is -0.175. The summed E-state index contributed by atoms with van der Waals surface area (Å²) in [5.41, 5.74) is -0.402. The van der Waals surface area contributed by atoms with Crippen LogP contribution in [0.25, 0.3) is 0 Å². The van der Waals surface area contributed by atoms with E-state index in [1.807, 2.05) is 0 Å². The number of ether oxygens (including phenoxy) is 1. The number of nitro groups is 1.